The molecule has 0 unspecified atom stereocenters. The topological polar surface area (TPSA) is 9.72 Å². The summed E-state index contributed by atoms with van der Waals surface area (Å²) in [5.74, 6) is 0. The number of hydrogen-bond acceptors (Lipinski definition) is 3. The van der Waals surface area contributed by atoms with Crippen molar-refractivity contribution in [3.63, 3.8) is 0 Å². The maximum Gasteiger partial charge on any atom is 0.0731 e. The molecule has 0 radical (unpaired) electrons. The van der Waals surface area contributed by atoms with Gasteiger partial charge in [-0.15, -0.1) is 0 Å². The van der Waals surface area contributed by atoms with Crippen molar-refractivity contribution < 1.29 is 0 Å². The minimum absolute atomic E-state index is 0.871. The highest BCUT2D eigenvalue weighted by Gasteiger charge is 2.65. The highest BCUT2D eigenvalue weighted by atomic mass is 15.2. The van der Waals surface area contributed by atoms with Gasteiger partial charge in [0.15, 0.2) is 0 Å². The minimum Gasteiger partial charge on any atom is -0.310 e. The number of benzene rings is 22. The number of anilines is 9. The lowest BCUT2D eigenvalue weighted by Crippen LogP contribution is -2.31. The number of para-hydroxylation sites is 3. The molecule has 3 heteroatoms. The number of nitrogens with zero attached hydrogens (tertiary/aromatic N) is 3. The lowest BCUT2D eigenvalue weighted by molar-refractivity contribution is 0.764. The zero-order valence-corrected chi connectivity index (χ0v) is 75.6. The van der Waals surface area contributed by atoms with Gasteiger partial charge in [-0.05, 0) is 292 Å². The van der Waals surface area contributed by atoms with Crippen molar-refractivity contribution in [3.8, 4) is 66.8 Å². The summed E-state index contributed by atoms with van der Waals surface area (Å²) in [4.78, 5) is 7.18. The Hall–Kier alpha value is -17.8. The molecule has 642 valence electrons. The molecule has 0 heterocycles. The Morgan fingerprint density at radius 3 is 0.609 bits per heavy atom. The second-order valence-corrected chi connectivity index (χ2v) is 37.5. The molecule has 0 amide bonds. The van der Waals surface area contributed by atoms with Crippen molar-refractivity contribution in [1.82, 2.24) is 0 Å². The van der Waals surface area contributed by atoms with Gasteiger partial charge in [0.2, 0.25) is 0 Å². The third-order valence-corrected chi connectivity index (χ3v) is 30.6. The summed E-state index contributed by atoms with van der Waals surface area (Å²) in [5, 5.41) is 7.20. The molecule has 0 atom stereocenters. The van der Waals surface area contributed by atoms with E-state index in [1.807, 2.05) is 0 Å². The average molecular weight is 1750 g/mol. The van der Waals surface area contributed by atoms with E-state index < -0.39 is 16.2 Å². The van der Waals surface area contributed by atoms with Crippen LogP contribution in [0, 0.1) is 0 Å². The largest absolute Gasteiger partial charge is 0.310 e. The van der Waals surface area contributed by atoms with Gasteiger partial charge in [0.1, 0.15) is 0 Å². The van der Waals surface area contributed by atoms with Crippen molar-refractivity contribution >= 4 is 120 Å². The molecule has 138 heavy (non-hydrogen) atoms. The fourth-order valence-electron chi connectivity index (χ4n) is 25.1. The predicted octanol–water partition coefficient (Wildman–Crippen LogP) is 35.1. The summed E-state index contributed by atoms with van der Waals surface area (Å²) in [6, 6.07) is 185. The molecule has 3 spiro atoms. The summed E-state index contributed by atoms with van der Waals surface area (Å²) in [6.45, 7) is 0. The smallest absolute Gasteiger partial charge is 0.0731 e. The van der Waals surface area contributed by atoms with E-state index in [-0.39, 0.29) is 0 Å². The number of hydrogen-bond donors (Lipinski definition) is 0. The first-order chi connectivity index (χ1) is 68.5. The van der Waals surface area contributed by atoms with Crippen LogP contribution in [0.1, 0.15) is 100 Å². The van der Waals surface area contributed by atoms with Crippen molar-refractivity contribution in [2.24, 2.45) is 0 Å². The van der Waals surface area contributed by atoms with Crippen LogP contribution < -0.4 is 14.7 Å². The van der Waals surface area contributed by atoms with E-state index in [0.717, 1.165) is 84.6 Å². The van der Waals surface area contributed by atoms with E-state index in [0.29, 0.717) is 0 Å². The summed E-state index contributed by atoms with van der Waals surface area (Å²) in [6.07, 6.45) is 14.1. The van der Waals surface area contributed by atoms with Crippen molar-refractivity contribution in [2.75, 3.05) is 14.7 Å². The molecule has 22 aromatic rings. The maximum atomic E-state index is 2.61. The summed E-state index contributed by atoms with van der Waals surface area (Å²) in [5.41, 5.74) is 44.9. The first-order valence-electron chi connectivity index (χ1n) is 48.1. The van der Waals surface area contributed by atoms with Crippen molar-refractivity contribution in [1.29, 1.82) is 0 Å². The first-order valence-corrected chi connectivity index (χ1v) is 48.1. The lowest BCUT2D eigenvalue weighted by Gasteiger charge is -2.37. The zero-order chi connectivity index (χ0) is 90.7. The highest BCUT2D eigenvalue weighted by Crippen LogP contribution is 2.77. The molecule has 0 N–H and O–H groups in total. The van der Waals surface area contributed by atoms with Crippen LogP contribution in [0.15, 0.2) is 491 Å². The second kappa shape index (κ2) is 31.2. The minimum atomic E-state index is -0.871. The van der Waals surface area contributed by atoms with E-state index in [2.05, 4.69) is 543 Å². The van der Waals surface area contributed by atoms with Crippen LogP contribution in [0.5, 0.6) is 0 Å². The molecule has 6 aliphatic rings. The molecule has 22 aromatic carbocycles. The van der Waals surface area contributed by atoms with Gasteiger partial charge in [-0.25, -0.2) is 0 Å². The summed E-state index contributed by atoms with van der Waals surface area (Å²) >= 11 is 0. The molecule has 0 aromatic heterocycles. The number of fused-ring (bicyclic) bond motifs is 36. The normalized spacial score (nSPS) is 13.7. The Balaban J connectivity index is 0.681. The Morgan fingerprint density at radius 1 is 0.145 bits per heavy atom. The molecule has 3 nitrogen and oxygen atoms in total. The van der Waals surface area contributed by atoms with Gasteiger partial charge in [-0.3, -0.25) is 0 Å². The fraction of sp³-hybridized carbons (Fsp3) is 0.0222. The van der Waals surface area contributed by atoms with E-state index in [1.54, 1.807) is 0 Å². The third kappa shape index (κ3) is 11.5. The average Bonchev–Trinajstić information content (AvgIpc) is 1.45. The molecule has 6 aliphatic carbocycles. The van der Waals surface area contributed by atoms with Crippen LogP contribution in [0.25, 0.3) is 136 Å². The molecule has 0 aliphatic heterocycles. The van der Waals surface area contributed by atoms with E-state index in [4.69, 9.17) is 0 Å². The van der Waals surface area contributed by atoms with E-state index >= 15 is 0 Å². The highest BCUT2D eigenvalue weighted by molar-refractivity contribution is 6.15. The predicted molar refractivity (Wildman–Crippen MR) is 578 cm³/mol. The SMILES string of the molecule is C(=C\c1ccc2c(c1)C1(c3ccccc3-c3ccccc31)c1c-2c2c(c3c1-c1ccc(/C=C/c4ccc(N(c5ccccc5)c5cccc6ccccc56)cc4)cc1C31c3ccccc3-c3ccccc31)-c1ccc(/C=C/c3ccc(N(c4ccccc4)c4cccc5ccccc45)cc3)cc1C21c2ccccc2-c2ccccc21)/c1ccc(N(c2ccccc2)c2cccc3ccccc23)cc1. The molecular weight excluding hydrogens is 1660 g/mol. The van der Waals surface area contributed by atoms with Gasteiger partial charge in [-0.2, -0.15) is 0 Å². The molecule has 0 fully saturated rings. The Labute approximate surface area is 803 Å². The van der Waals surface area contributed by atoms with Gasteiger partial charge in [0, 0.05) is 50.3 Å². The molecule has 0 saturated heterocycles. The standard InChI is InChI=1S/C135H87N3/c1-4-37-97(38-5-1)136(124-58-28-34-94-31-10-13-43-103(94)124)100-76-67-88(68-77-100)61-64-91-73-82-112-121(85-91)133(115-52-22-16-46-106(115)107-47-17-23-53-116(107)133)130-127(112)131-129(114-84-75-93(87-123(114)134(131)117-54-24-18-48-108(117)109-49-19-25-55-118(109)134)66-63-90-71-80-102(81-72-90)138(99-41-8-3-9-42-99)126-60-30-36-96-33-12-15-45-105(96)126)132-128(130)113-83-74-92(86-122(113)135(132)119-56-26-20-50-110(119)111-51-21-27-57-120(111)135)65-62-89-69-78-101(79-70-89)137(98-39-6-2-7-40-98)125-59-29-35-95-32-11-14-44-104(95)125/h1-87H/b64-61+,65-62+,66-63+. The maximum absolute atomic E-state index is 2.61. The van der Waals surface area contributed by atoms with Gasteiger partial charge < -0.3 is 14.7 Å². The monoisotopic (exact) mass is 1750 g/mol. The Bertz CT molecular complexity index is 7890. The molecule has 28 rings (SSSR count). The summed E-state index contributed by atoms with van der Waals surface area (Å²) in [7, 11) is 0. The Morgan fingerprint density at radius 2 is 0.348 bits per heavy atom. The van der Waals surface area contributed by atoms with Crippen LogP contribution in [0.2, 0.25) is 0 Å². The van der Waals surface area contributed by atoms with Crippen LogP contribution in [-0.4, -0.2) is 0 Å². The number of rotatable bonds is 15. The third-order valence-electron chi connectivity index (χ3n) is 30.6. The van der Waals surface area contributed by atoms with Crippen LogP contribution in [-0.2, 0) is 16.2 Å². The zero-order valence-electron chi connectivity index (χ0n) is 75.6. The quantitative estimate of drug-likeness (QED) is 0.0947. The van der Waals surface area contributed by atoms with Gasteiger partial charge in [0.05, 0.1) is 33.3 Å². The van der Waals surface area contributed by atoms with Crippen LogP contribution in [0.4, 0.5) is 51.2 Å². The van der Waals surface area contributed by atoms with Gasteiger partial charge in [0.25, 0.3) is 0 Å². The Kier molecular flexibility index (Phi) is 17.8. The molecule has 0 bridgehead atoms. The van der Waals surface area contributed by atoms with Gasteiger partial charge >= 0.3 is 0 Å². The molecular formula is C135H87N3. The van der Waals surface area contributed by atoms with Crippen molar-refractivity contribution in [2.45, 2.75) is 16.2 Å². The lowest BCUT2D eigenvalue weighted by atomic mass is 9.63. The van der Waals surface area contributed by atoms with Crippen molar-refractivity contribution in [3.05, 3.63) is 592 Å². The summed E-state index contributed by atoms with van der Waals surface area (Å²) < 4.78 is 0. The van der Waals surface area contributed by atoms with E-state index in [1.165, 1.54) is 166 Å². The van der Waals surface area contributed by atoms with Crippen LogP contribution in [0.3, 0.4) is 0 Å². The molecule has 0 saturated carbocycles. The fourth-order valence-corrected chi connectivity index (χ4v) is 25.1. The second-order valence-electron chi connectivity index (χ2n) is 37.5. The van der Waals surface area contributed by atoms with Crippen LogP contribution >= 0.6 is 0 Å². The van der Waals surface area contributed by atoms with E-state index in [9.17, 15) is 0 Å². The van der Waals surface area contributed by atoms with Gasteiger partial charge in [-0.1, -0.05) is 419 Å². The first kappa shape index (κ1) is 78.9.